The van der Waals surface area contributed by atoms with E-state index in [1.807, 2.05) is 0 Å². The van der Waals surface area contributed by atoms with Crippen molar-refractivity contribution in [2.24, 2.45) is 0 Å². The Labute approximate surface area is 258 Å². The molecule has 0 saturated carbocycles. The van der Waals surface area contributed by atoms with E-state index < -0.39 is 29.6 Å². The molecule has 1 aliphatic rings. The first-order valence-corrected chi connectivity index (χ1v) is 14.3. The minimum absolute atomic E-state index is 0.0110. The standard InChI is InChI=1S/C31H27F6N5O4/c32-30(33,34)20-7-5-19(6-8-20)28-39-27(40-46-28)17-42-13-11-41(12-14-42)16-21(43)18-44-22-9-10-26-25(15-22)38-29(45-26)23-3-1-2-4-24(23)31(35,36)37/h1-10,15,21,43H,11-14,16-18H2/t21-/m1/s1. The summed E-state index contributed by atoms with van der Waals surface area (Å²) in [4.78, 5) is 12.7. The maximum atomic E-state index is 13.4. The van der Waals surface area contributed by atoms with Crippen molar-refractivity contribution in [1.82, 2.24) is 24.9 Å². The quantitative estimate of drug-likeness (QED) is 0.189. The zero-order valence-electron chi connectivity index (χ0n) is 24.1. The molecule has 3 aromatic carbocycles. The molecule has 0 spiro atoms. The molecule has 6 rings (SSSR count). The summed E-state index contributed by atoms with van der Waals surface area (Å²) in [6, 6.07) is 14.3. The molecule has 0 amide bonds. The average molecular weight is 648 g/mol. The number of halogens is 6. The predicted octanol–water partition coefficient (Wildman–Crippen LogP) is 6.14. The van der Waals surface area contributed by atoms with Crippen LogP contribution in [0.2, 0.25) is 0 Å². The highest BCUT2D eigenvalue weighted by atomic mass is 19.4. The number of β-amino-alcohol motifs (C(OH)–C–C–N with tert-alkyl or cyclic N) is 1. The molecular weight excluding hydrogens is 620 g/mol. The van der Waals surface area contributed by atoms with Crippen molar-refractivity contribution in [3.8, 4) is 28.7 Å². The van der Waals surface area contributed by atoms with Crippen LogP contribution < -0.4 is 4.74 Å². The zero-order chi connectivity index (χ0) is 32.5. The van der Waals surface area contributed by atoms with Crippen molar-refractivity contribution in [2.45, 2.75) is 25.0 Å². The molecule has 0 bridgehead atoms. The van der Waals surface area contributed by atoms with Crippen LogP contribution in [0.1, 0.15) is 17.0 Å². The lowest BCUT2D eigenvalue weighted by molar-refractivity contribution is -0.138. The van der Waals surface area contributed by atoms with Gasteiger partial charge in [-0.25, -0.2) is 4.98 Å². The molecule has 15 heteroatoms. The molecule has 1 saturated heterocycles. The van der Waals surface area contributed by atoms with Gasteiger partial charge in [-0.15, -0.1) is 0 Å². The molecule has 1 N–H and O–H groups in total. The molecule has 242 valence electrons. The topological polar surface area (TPSA) is 101 Å². The Bertz CT molecular complexity index is 1780. The second-order valence-electron chi connectivity index (χ2n) is 10.8. The van der Waals surface area contributed by atoms with Gasteiger partial charge >= 0.3 is 12.4 Å². The van der Waals surface area contributed by atoms with Crippen molar-refractivity contribution < 1.29 is 45.1 Å². The van der Waals surface area contributed by atoms with Gasteiger partial charge in [-0.2, -0.15) is 31.3 Å². The first kappa shape index (κ1) is 31.5. The Balaban J connectivity index is 0.971. The normalized spacial score (nSPS) is 15.8. The fourth-order valence-electron chi connectivity index (χ4n) is 5.14. The summed E-state index contributed by atoms with van der Waals surface area (Å²) in [6.07, 6.45) is -9.80. The van der Waals surface area contributed by atoms with Crippen molar-refractivity contribution >= 4 is 11.1 Å². The molecule has 5 aromatic rings. The van der Waals surface area contributed by atoms with E-state index in [-0.39, 0.29) is 24.0 Å². The SMILES string of the molecule is O[C@@H](COc1ccc2oc(-c3ccccc3C(F)(F)F)nc2c1)CN1CCN(Cc2noc(-c3ccc(C(F)(F)F)cc3)n2)CC1. The molecule has 0 aliphatic carbocycles. The number of ether oxygens (including phenoxy) is 1. The number of benzene rings is 3. The number of fused-ring (bicyclic) bond motifs is 1. The van der Waals surface area contributed by atoms with Crippen LogP contribution in [0.3, 0.4) is 0 Å². The monoisotopic (exact) mass is 647 g/mol. The van der Waals surface area contributed by atoms with Gasteiger partial charge in [-0.1, -0.05) is 17.3 Å². The van der Waals surface area contributed by atoms with E-state index in [0.717, 1.165) is 18.2 Å². The van der Waals surface area contributed by atoms with Gasteiger partial charge in [-0.05, 0) is 48.5 Å². The first-order valence-electron chi connectivity index (χ1n) is 14.3. The van der Waals surface area contributed by atoms with Gasteiger partial charge in [0, 0.05) is 49.9 Å². The number of oxazole rings is 1. The smallest absolute Gasteiger partial charge is 0.417 e. The van der Waals surface area contributed by atoms with Gasteiger partial charge in [0.25, 0.3) is 5.89 Å². The summed E-state index contributed by atoms with van der Waals surface area (Å²) in [6.45, 7) is 3.40. The summed E-state index contributed by atoms with van der Waals surface area (Å²) in [5.41, 5.74) is -0.750. The van der Waals surface area contributed by atoms with Crippen LogP contribution in [-0.4, -0.2) is 75.5 Å². The molecule has 1 aliphatic heterocycles. The Morgan fingerprint density at radius 1 is 0.826 bits per heavy atom. The lowest BCUT2D eigenvalue weighted by Crippen LogP contribution is -2.48. The third-order valence-corrected chi connectivity index (χ3v) is 7.49. The summed E-state index contributed by atoms with van der Waals surface area (Å²) in [5, 5.41) is 14.5. The van der Waals surface area contributed by atoms with E-state index in [0.29, 0.717) is 67.5 Å². The van der Waals surface area contributed by atoms with E-state index in [1.54, 1.807) is 18.2 Å². The van der Waals surface area contributed by atoms with E-state index in [9.17, 15) is 31.4 Å². The highest BCUT2D eigenvalue weighted by Gasteiger charge is 2.35. The molecule has 1 fully saturated rings. The molecule has 3 heterocycles. The highest BCUT2D eigenvalue weighted by molar-refractivity contribution is 5.78. The third kappa shape index (κ3) is 7.32. The number of piperazine rings is 1. The maximum Gasteiger partial charge on any atom is 0.417 e. The molecular formula is C31H27F6N5O4. The maximum absolute atomic E-state index is 13.4. The van der Waals surface area contributed by atoms with Crippen molar-refractivity contribution in [3.05, 3.63) is 83.7 Å². The van der Waals surface area contributed by atoms with E-state index in [4.69, 9.17) is 13.7 Å². The Hall–Kier alpha value is -4.47. The third-order valence-electron chi connectivity index (χ3n) is 7.49. The van der Waals surface area contributed by atoms with Crippen LogP contribution in [0.4, 0.5) is 26.3 Å². The van der Waals surface area contributed by atoms with Crippen LogP contribution in [0, 0.1) is 0 Å². The summed E-state index contributed by atoms with van der Waals surface area (Å²) >= 11 is 0. The number of nitrogens with zero attached hydrogens (tertiary/aromatic N) is 5. The van der Waals surface area contributed by atoms with E-state index in [1.165, 1.54) is 30.3 Å². The molecule has 46 heavy (non-hydrogen) atoms. The summed E-state index contributed by atoms with van der Waals surface area (Å²) in [7, 11) is 0. The van der Waals surface area contributed by atoms with Gasteiger partial charge in [0.15, 0.2) is 11.4 Å². The number of alkyl halides is 6. The summed E-state index contributed by atoms with van der Waals surface area (Å²) < 4.78 is 95.3. The van der Waals surface area contributed by atoms with E-state index >= 15 is 0 Å². The lowest BCUT2D eigenvalue weighted by Gasteiger charge is -2.34. The minimum atomic E-state index is -4.56. The number of aliphatic hydroxyl groups excluding tert-OH is 1. The fourth-order valence-corrected chi connectivity index (χ4v) is 5.14. The Morgan fingerprint density at radius 3 is 2.26 bits per heavy atom. The molecule has 0 unspecified atom stereocenters. The molecule has 2 aromatic heterocycles. The second-order valence-corrected chi connectivity index (χ2v) is 10.8. The number of rotatable bonds is 9. The second kappa shape index (κ2) is 12.7. The first-order chi connectivity index (χ1) is 21.9. The Kier molecular flexibility index (Phi) is 8.72. The molecule has 0 radical (unpaired) electrons. The number of aliphatic hydroxyl groups is 1. The fraction of sp³-hybridized carbons (Fsp3) is 0.323. The van der Waals surface area contributed by atoms with Crippen LogP contribution in [-0.2, 0) is 18.9 Å². The molecule has 9 nitrogen and oxygen atoms in total. The Morgan fingerprint density at radius 2 is 1.54 bits per heavy atom. The number of hydrogen-bond donors (Lipinski definition) is 1. The van der Waals surface area contributed by atoms with Crippen molar-refractivity contribution in [2.75, 3.05) is 39.3 Å². The summed E-state index contributed by atoms with van der Waals surface area (Å²) in [5.74, 6) is 0.784. The van der Waals surface area contributed by atoms with Crippen LogP contribution >= 0.6 is 0 Å². The van der Waals surface area contributed by atoms with Gasteiger partial charge in [-0.3, -0.25) is 9.80 Å². The number of aromatic nitrogens is 3. The largest absolute Gasteiger partial charge is 0.491 e. The van der Waals surface area contributed by atoms with Crippen LogP contribution in [0.25, 0.3) is 34.0 Å². The van der Waals surface area contributed by atoms with Crippen LogP contribution in [0.15, 0.2) is 75.7 Å². The van der Waals surface area contributed by atoms with Crippen LogP contribution in [0.5, 0.6) is 5.75 Å². The van der Waals surface area contributed by atoms with Gasteiger partial charge in [0.1, 0.15) is 24.0 Å². The average Bonchev–Trinajstić information content (AvgIpc) is 3.67. The zero-order valence-corrected chi connectivity index (χ0v) is 24.1. The predicted molar refractivity (Wildman–Crippen MR) is 152 cm³/mol. The number of hydrogen-bond acceptors (Lipinski definition) is 9. The van der Waals surface area contributed by atoms with Crippen molar-refractivity contribution in [1.29, 1.82) is 0 Å². The van der Waals surface area contributed by atoms with Crippen molar-refractivity contribution in [3.63, 3.8) is 0 Å². The van der Waals surface area contributed by atoms with Gasteiger partial charge < -0.3 is 18.8 Å². The van der Waals surface area contributed by atoms with E-state index in [2.05, 4.69) is 24.9 Å². The van der Waals surface area contributed by atoms with Gasteiger partial charge in [0.05, 0.1) is 17.7 Å². The molecule has 1 atom stereocenters. The van der Waals surface area contributed by atoms with Gasteiger partial charge in [0.2, 0.25) is 5.89 Å². The highest BCUT2D eigenvalue weighted by Crippen LogP contribution is 2.38. The lowest BCUT2D eigenvalue weighted by atomic mass is 10.1. The minimum Gasteiger partial charge on any atom is -0.491 e.